The van der Waals surface area contributed by atoms with Crippen LogP contribution in [-0.4, -0.2) is 47.5 Å². The summed E-state index contributed by atoms with van der Waals surface area (Å²) in [6, 6.07) is 7.36. The van der Waals surface area contributed by atoms with E-state index < -0.39 is 7.12 Å². The van der Waals surface area contributed by atoms with Crippen LogP contribution in [-0.2, 0) is 11.3 Å². The van der Waals surface area contributed by atoms with E-state index in [1.165, 1.54) is 0 Å². The molecule has 7 nitrogen and oxygen atoms in total. The molecule has 26 heavy (non-hydrogen) atoms. The molecule has 1 unspecified atom stereocenters. The van der Waals surface area contributed by atoms with Crippen LogP contribution in [0.3, 0.4) is 0 Å². The van der Waals surface area contributed by atoms with Gasteiger partial charge in [0.25, 0.3) is 0 Å². The van der Waals surface area contributed by atoms with E-state index in [0.717, 1.165) is 12.0 Å². The van der Waals surface area contributed by atoms with Gasteiger partial charge >= 0.3 is 7.12 Å². The van der Waals surface area contributed by atoms with Crippen LogP contribution in [0, 0.1) is 0 Å². The second-order valence-electron chi connectivity index (χ2n) is 6.20. The zero-order valence-electron chi connectivity index (χ0n) is 15.0. The topological polar surface area (TPSA) is 93.9 Å². The van der Waals surface area contributed by atoms with Gasteiger partial charge in [-0.25, -0.2) is 9.97 Å². The lowest BCUT2D eigenvalue weighted by molar-refractivity contribution is 0.274. The van der Waals surface area contributed by atoms with Gasteiger partial charge in [0, 0.05) is 18.1 Å². The van der Waals surface area contributed by atoms with Gasteiger partial charge in [0.15, 0.2) is 11.5 Å². The van der Waals surface area contributed by atoms with Gasteiger partial charge in [-0.05, 0) is 37.0 Å². The first kappa shape index (κ1) is 18.6. The van der Waals surface area contributed by atoms with E-state index >= 15 is 0 Å². The van der Waals surface area contributed by atoms with Gasteiger partial charge in [0.1, 0.15) is 5.82 Å². The summed E-state index contributed by atoms with van der Waals surface area (Å²) in [5.41, 5.74) is 2.05. The Morgan fingerprint density at radius 2 is 2.12 bits per heavy atom. The molecule has 8 heteroatoms. The number of rotatable bonds is 7. The Balaban J connectivity index is 1.97. The Kier molecular flexibility index (Phi) is 6.08. The molecule has 0 aliphatic carbocycles. The molecule has 1 fully saturated rings. The molecule has 0 amide bonds. The van der Waals surface area contributed by atoms with E-state index in [0.29, 0.717) is 48.2 Å². The molecule has 1 atom stereocenters. The van der Waals surface area contributed by atoms with Gasteiger partial charge in [-0.1, -0.05) is 6.92 Å². The fourth-order valence-corrected chi connectivity index (χ4v) is 2.88. The predicted octanol–water partition coefficient (Wildman–Crippen LogP) is 2.03. The van der Waals surface area contributed by atoms with E-state index in [2.05, 4.69) is 9.97 Å². The molecule has 1 aliphatic rings. The van der Waals surface area contributed by atoms with Gasteiger partial charge in [0.2, 0.25) is 0 Å². The molecule has 0 saturated carbocycles. The zero-order chi connectivity index (χ0) is 18.5. The summed E-state index contributed by atoms with van der Waals surface area (Å²) in [5, 5.41) is 19.2. The summed E-state index contributed by atoms with van der Waals surface area (Å²) in [6.45, 7) is 2.81. The van der Waals surface area contributed by atoms with Gasteiger partial charge in [-0.15, -0.1) is 0 Å². The van der Waals surface area contributed by atoms with Crippen LogP contribution >= 0.6 is 0 Å². The van der Waals surface area contributed by atoms with E-state index in [-0.39, 0.29) is 12.5 Å². The SMILES string of the molecule is CCCOc1cc(-c2cc(CO)nc(C3COB(O)C3)n2)ccc1OC. The fourth-order valence-electron chi connectivity index (χ4n) is 2.88. The summed E-state index contributed by atoms with van der Waals surface area (Å²) in [6.07, 6.45) is 1.34. The van der Waals surface area contributed by atoms with Crippen LogP contribution in [0.25, 0.3) is 11.3 Å². The number of hydrogen-bond donors (Lipinski definition) is 2. The van der Waals surface area contributed by atoms with Crippen molar-refractivity contribution in [3.8, 4) is 22.8 Å². The quantitative estimate of drug-likeness (QED) is 0.732. The predicted molar refractivity (Wildman–Crippen MR) is 97.2 cm³/mol. The van der Waals surface area contributed by atoms with Gasteiger partial charge in [-0.3, -0.25) is 0 Å². The number of ether oxygens (including phenoxy) is 2. The Bertz CT molecular complexity index is 758. The summed E-state index contributed by atoms with van der Waals surface area (Å²) >= 11 is 0. The monoisotopic (exact) mass is 358 g/mol. The average molecular weight is 358 g/mol. The maximum Gasteiger partial charge on any atom is 0.454 e. The molecule has 2 aromatic rings. The number of aliphatic hydroxyl groups excluding tert-OH is 1. The molecule has 0 spiro atoms. The minimum Gasteiger partial charge on any atom is -0.493 e. The number of aromatic nitrogens is 2. The third kappa shape index (κ3) is 4.15. The lowest BCUT2D eigenvalue weighted by Gasteiger charge is -2.14. The molecular weight excluding hydrogens is 335 g/mol. The second-order valence-corrected chi connectivity index (χ2v) is 6.20. The highest BCUT2D eigenvalue weighted by molar-refractivity contribution is 6.43. The van der Waals surface area contributed by atoms with Crippen LogP contribution in [0.1, 0.15) is 30.8 Å². The molecular formula is C18H23BN2O5. The lowest BCUT2D eigenvalue weighted by atomic mass is 9.82. The highest BCUT2D eigenvalue weighted by Gasteiger charge is 2.32. The zero-order valence-corrected chi connectivity index (χ0v) is 15.0. The summed E-state index contributed by atoms with van der Waals surface area (Å²) in [7, 11) is 0.811. The number of nitrogens with zero attached hydrogens (tertiary/aromatic N) is 2. The second kappa shape index (κ2) is 8.48. The van der Waals surface area contributed by atoms with Crippen molar-refractivity contribution in [3.05, 3.63) is 35.8 Å². The number of aliphatic hydroxyl groups is 1. The number of methoxy groups -OCH3 is 1. The molecule has 0 bridgehead atoms. The van der Waals surface area contributed by atoms with Crippen molar-refractivity contribution in [3.63, 3.8) is 0 Å². The summed E-state index contributed by atoms with van der Waals surface area (Å²) in [5.74, 6) is 1.78. The van der Waals surface area contributed by atoms with Gasteiger partial charge in [0.05, 0.1) is 31.7 Å². The highest BCUT2D eigenvalue weighted by atomic mass is 16.5. The molecule has 0 radical (unpaired) electrons. The molecule has 1 aromatic heterocycles. The van der Waals surface area contributed by atoms with E-state index in [1.54, 1.807) is 13.2 Å². The smallest absolute Gasteiger partial charge is 0.454 e. The highest BCUT2D eigenvalue weighted by Crippen LogP contribution is 2.33. The van der Waals surface area contributed by atoms with Gasteiger partial charge in [-0.2, -0.15) is 0 Å². The van der Waals surface area contributed by atoms with Crippen molar-refractivity contribution in [1.29, 1.82) is 0 Å². The maximum atomic E-state index is 9.59. The van der Waals surface area contributed by atoms with Crippen molar-refractivity contribution in [2.45, 2.75) is 32.2 Å². The Morgan fingerprint density at radius 3 is 2.77 bits per heavy atom. The normalized spacial score (nSPS) is 16.8. The summed E-state index contributed by atoms with van der Waals surface area (Å²) < 4.78 is 16.3. The largest absolute Gasteiger partial charge is 0.493 e. The number of hydrogen-bond acceptors (Lipinski definition) is 7. The Morgan fingerprint density at radius 1 is 1.27 bits per heavy atom. The molecule has 1 saturated heterocycles. The third-order valence-electron chi connectivity index (χ3n) is 4.22. The molecule has 2 N–H and O–H groups in total. The first-order valence-electron chi connectivity index (χ1n) is 8.74. The van der Waals surface area contributed by atoms with Crippen molar-refractivity contribution < 1.29 is 24.3 Å². The van der Waals surface area contributed by atoms with Crippen LogP contribution in [0.2, 0.25) is 6.32 Å². The van der Waals surface area contributed by atoms with Crippen LogP contribution in [0.4, 0.5) is 0 Å². The van der Waals surface area contributed by atoms with Gasteiger partial charge < -0.3 is 24.3 Å². The van der Waals surface area contributed by atoms with Crippen molar-refractivity contribution in [2.24, 2.45) is 0 Å². The molecule has 2 heterocycles. The average Bonchev–Trinajstić information content (AvgIpc) is 3.12. The molecule has 1 aromatic carbocycles. The Hall–Kier alpha value is -2.16. The fraction of sp³-hybridized carbons (Fsp3) is 0.444. The van der Waals surface area contributed by atoms with Crippen molar-refractivity contribution in [1.82, 2.24) is 9.97 Å². The standard InChI is InChI=1S/C18H23BN2O5/c1-3-6-25-17-7-12(4-5-16(17)24-2)15-8-14(10-22)20-18(21-15)13-9-19(23)26-11-13/h4-5,7-8,13,22-23H,3,6,9-11H2,1-2H3. The first-order chi connectivity index (χ1) is 12.6. The van der Waals surface area contributed by atoms with Crippen molar-refractivity contribution in [2.75, 3.05) is 20.3 Å². The van der Waals surface area contributed by atoms with Crippen LogP contribution in [0.5, 0.6) is 11.5 Å². The first-order valence-corrected chi connectivity index (χ1v) is 8.74. The third-order valence-corrected chi connectivity index (χ3v) is 4.22. The van der Waals surface area contributed by atoms with Crippen LogP contribution < -0.4 is 9.47 Å². The Labute approximate surface area is 153 Å². The maximum absolute atomic E-state index is 9.59. The minimum atomic E-state index is -0.792. The molecule has 138 valence electrons. The molecule has 1 aliphatic heterocycles. The van der Waals surface area contributed by atoms with E-state index in [4.69, 9.17) is 14.1 Å². The lowest BCUT2D eigenvalue weighted by Crippen LogP contribution is -2.09. The van der Waals surface area contributed by atoms with Crippen molar-refractivity contribution >= 4 is 7.12 Å². The number of benzene rings is 1. The molecule has 3 rings (SSSR count). The van der Waals surface area contributed by atoms with E-state index in [1.807, 2.05) is 25.1 Å². The van der Waals surface area contributed by atoms with E-state index in [9.17, 15) is 10.1 Å². The summed E-state index contributed by atoms with van der Waals surface area (Å²) in [4.78, 5) is 9.03. The van der Waals surface area contributed by atoms with Crippen LogP contribution in [0.15, 0.2) is 24.3 Å². The minimum absolute atomic E-state index is 0.0932.